The number of rotatable bonds is 2. The molecule has 0 atom stereocenters. The van der Waals surface area contributed by atoms with E-state index in [1.165, 1.54) is 30.7 Å². The van der Waals surface area contributed by atoms with E-state index in [1.54, 1.807) is 6.07 Å². The highest BCUT2D eigenvalue weighted by Gasteiger charge is 2.15. The monoisotopic (exact) mass is 268 g/mol. The van der Waals surface area contributed by atoms with Gasteiger partial charge in [0.1, 0.15) is 12.1 Å². The molecule has 0 amide bonds. The van der Waals surface area contributed by atoms with Crippen LogP contribution >= 0.6 is 15.9 Å². The molecule has 0 bridgehead atoms. The van der Waals surface area contributed by atoms with E-state index in [0.29, 0.717) is 10.0 Å². The van der Waals surface area contributed by atoms with Gasteiger partial charge in [0, 0.05) is 4.47 Å². The molecule has 2 aromatic rings. The molecule has 76 valence electrons. The van der Waals surface area contributed by atoms with Gasteiger partial charge in [0.05, 0.1) is 17.4 Å². The number of carbonyl (C=O) groups is 1. The molecule has 0 saturated carbocycles. The number of carbonyl (C=O) groups excluding carboxylic acids is 1. The summed E-state index contributed by atoms with van der Waals surface area (Å²) < 4.78 is 18.8. The standard InChI is InChI=1S/C11H6BrFO2/c12-8-1-2-10(13)9(5-8)11(14)7-3-4-15-6-7/h1-6H. The first kappa shape index (κ1) is 10.1. The highest BCUT2D eigenvalue weighted by atomic mass is 79.9. The summed E-state index contributed by atoms with van der Waals surface area (Å²) in [6.07, 6.45) is 2.67. The fourth-order valence-corrected chi connectivity index (χ4v) is 1.58. The molecule has 2 rings (SSSR count). The van der Waals surface area contributed by atoms with Crippen molar-refractivity contribution in [2.24, 2.45) is 0 Å². The molecule has 0 radical (unpaired) electrons. The zero-order chi connectivity index (χ0) is 10.8. The van der Waals surface area contributed by atoms with Crippen LogP contribution in [0.2, 0.25) is 0 Å². The lowest BCUT2D eigenvalue weighted by molar-refractivity contribution is 0.103. The molecule has 0 aliphatic heterocycles. The first-order valence-corrected chi connectivity index (χ1v) is 5.00. The summed E-state index contributed by atoms with van der Waals surface area (Å²) in [7, 11) is 0. The highest BCUT2D eigenvalue weighted by molar-refractivity contribution is 9.10. The lowest BCUT2D eigenvalue weighted by Gasteiger charge is -2.00. The summed E-state index contributed by atoms with van der Waals surface area (Å²) >= 11 is 3.19. The van der Waals surface area contributed by atoms with Crippen LogP contribution in [0.3, 0.4) is 0 Å². The van der Waals surface area contributed by atoms with E-state index in [0.717, 1.165) is 0 Å². The van der Waals surface area contributed by atoms with Gasteiger partial charge in [0.25, 0.3) is 0 Å². The molecule has 15 heavy (non-hydrogen) atoms. The topological polar surface area (TPSA) is 30.2 Å². The molecule has 4 heteroatoms. The third-order valence-electron chi connectivity index (χ3n) is 1.96. The van der Waals surface area contributed by atoms with Crippen molar-refractivity contribution in [2.45, 2.75) is 0 Å². The molecule has 2 nitrogen and oxygen atoms in total. The van der Waals surface area contributed by atoms with Crippen LogP contribution in [0.4, 0.5) is 4.39 Å². The van der Waals surface area contributed by atoms with Crippen LogP contribution in [0.15, 0.2) is 45.7 Å². The number of benzene rings is 1. The minimum atomic E-state index is -0.538. The summed E-state index contributed by atoms with van der Waals surface area (Å²) in [6, 6.07) is 5.74. The molecule has 0 spiro atoms. The van der Waals surface area contributed by atoms with Crippen molar-refractivity contribution in [3.8, 4) is 0 Å². The van der Waals surface area contributed by atoms with E-state index in [-0.39, 0.29) is 11.3 Å². The molecule has 0 unspecified atom stereocenters. The Morgan fingerprint density at radius 2 is 2.13 bits per heavy atom. The molecule has 0 N–H and O–H groups in total. The quantitative estimate of drug-likeness (QED) is 0.782. The van der Waals surface area contributed by atoms with Crippen molar-refractivity contribution in [2.75, 3.05) is 0 Å². The molecule has 0 fully saturated rings. The fraction of sp³-hybridized carbons (Fsp3) is 0. The summed E-state index contributed by atoms with van der Waals surface area (Å²) in [5.41, 5.74) is 0.373. The Labute approximate surface area is 93.8 Å². The van der Waals surface area contributed by atoms with Gasteiger partial charge >= 0.3 is 0 Å². The Balaban J connectivity index is 2.46. The number of ketones is 1. The maximum atomic E-state index is 13.3. The van der Waals surface area contributed by atoms with Crippen LogP contribution < -0.4 is 0 Å². The predicted molar refractivity (Wildman–Crippen MR) is 56.2 cm³/mol. The number of hydrogen-bond acceptors (Lipinski definition) is 2. The van der Waals surface area contributed by atoms with Gasteiger partial charge in [0.2, 0.25) is 0 Å². The van der Waals surface area contributed by atoms with E-state index in [4.69, 9.17) is 4.42 Å². The Hall–Kier alpha value is -1.42. The highest BCUT2D eigenvalue weighted by Crippen LogP contribution is 2.18. The average molecular weight is 269 g/mol. The third-order valence-corrected chi connectivity index (χ3v) is 2.45. The van der Waals surface area contributed by atoms with E-state index in [2.05, 4.69) is 15.9 Å². The van der Waals surface area contributed by atoms with Gasteiger partial charge in [-0.2, -0.15) is 0 Å². The van der Waals surface area contributed by atoms with Crippen molar-refractivity contribution >= 4 is 21.7 Å². The van der Waals surface area contributed by atoms with E-state index >= 15 is 0 Å². The lowest BCUT2D eigenvalue weighted by atomic mass is 10.1. The number of furan rings is 1. The van der Waals surface area contributed by atoms with Crippen LogP contribution in [-0.4, -0.2) is 5.78 Å². The van der Waals surface area contributed by atoms with Gasteiger partial charge in [-0.15, -0.1) is 0 Å². The molecule has 0 saturated heterocycles. The summed E-state index contributed by atoms with van der Waals surface area (Å²) in [5.74, 6) is -0.924. The predicted octanol–water partition coefficient (Wildman–Crippen LogP) is 3.41. The van der Waals surface area contributed by atoms with Crippen molar-refractivity contribution < 1.29 is 13.6 Å². The van der Waals surface area contributed by atoms with Crippen LogP contribution in [0.1, 0.15) is 15.9 Å². The minimum absolute atomic E-state index is 0.0331. The van der Waals surface area contributed by atoms with Crippen molar-refractivity contribution in [3.63, 3.8) is 0 Å². The maximum Gasteiger partial charge on any atom is 0.199 e. The summed E-state index contributed by atoms with van der Waals surface area (Å²) in [4.78, 5) is 11.8. The van der Waals surface area contributed by atoms with Gasteiger partial charge in [-0.3, -0.25) is 4.79 Å². The van der Waals surface area contributed by atoms with E-state index in [1.807, 2.05) is 0 Å². The largest absolute Gasteiger partial charge is 0.472 e. The van der Waals surface area contributed by atoms with Gasteiger partial charge in [-0.05, 0) is 24.3 Å². The summed E-state index contributed by atoms with van der Waals surface area (Å²) in [6.45, 7) is 0. The molecular formula is C11H6BrFO2. The Morgan fingerprint density at radius 3 is 2.80 bits per heavy atom. The van der Waals surface area contributed by atoms with Gasteiger partial charge in [0.15, 0.2) is 5.78 Å². The summed E-state index contributed by atoms with van der Waals surface area (Å²) in [5, 5.41) is 0. The van der Waals surface area contributed by atoms with E-state index < -0.39 is 5.82 Å². The van der Waals surface area contributed by atoms with Crippen LogP contribution in [-0.2, 0) is 0 Å². The van der Waals surface area contributed by atoms with Gasteiger partial charge in [-0.1, -0.05) is 15.9 Å². The number of hydrogen-bond donors (Lipinski definition) is 0. The average Bonchev–Trinajstić information content (AvgIpc) is 2.74. The molecular weight excluding hydrogens is 263 g/mol. The maximum absolute atomic E-state index is 13.3. The second-order valence-corrected chi connectivity index (χ2v) is 3.88. The van der Waals surface area contributed by atoms with Crippen molar-refractivity contribution in [1.29, 1.82) is 0 Å². The van der Waals surface area contributed by atoms with Gasteiger partial charge in [-0.25, -0.2) is 4.39 Å². The Morgan fingerprint density at radius 1 is 1.33 bits per heavy atom. The van der Waals surface area contributed by atoms with Crippen LogP contribution in [0, 0.1) is 5.82 Å². The molecule has 0 aliphatic rings. The SMILES string of the molecule is O=C(c1ccoc1)c1cc(Br)ccc1F. The van der Waals surface area contributed by atoms with Crippen molar-refractivity contribution in [1.82, 2.24) is 0 Å². The Kier molecular flexibility index (Phi) is 2.68. The molecule has 1 heterocycles. The first-order chi connectivity index (χ1) is 7.18. The molecule has 1 aromatic heterocycles. The molecule has 1 aromatic carbocycles. The molecule has 0 aliphatic carbocycles. The second kappa shape index (κ2) is 3.98. The lowest BCUT2D eigenvalue weighted by Crippen LogP contribution is -2.02. The third kappa shape index (κ3) is 1.99. The van der Waals surface area contributed by atoms with Gasteiger partial charge < -0.3 is 4.42 Å². The Bertz CT molecular complexity index is 491. The second-order valence-electron chi connectivity index (χ2n) is 2.97. The van der Waals surface area contributed by atoms with Crippen LogP contribution in [0.5, 0.6) is 0 Å². The van der Waals surface area contributed by atoms with Crippen LogP contribution in [0.25, 0.3) is 0 Å². The van der Waals surface area contributed by atoms with Crippen molar-refractivity contribution in [3.05, 3.63) is 58.2 Å². The van der Waals surface area contributed by atoms with E-state index in [9.17, 15) is 9.18 Å². The normalized spacial score (nSPS) is 10.3. The fourth-order valence-electron chi connectivity index (χ4n) is 1.22. The minimum Gasteiger partial charge on any atom is -0.472 e. The smallest absolute Gasteiger partial charge is 0.199 e. The zero-order valence-corrected chi connectivity index (χ0v) is 9.12. The first-order valence-electron chi connectivity index (χ1n) is 4.20. The zero-order valence-electron chi connectivity index (χ0n) is 7.54. The number of halogens is 2.